The van der Waals surface area contributed by atoms with E-state index in [-0.39, 0.29) is 12.5 Å². The molecule has 0 aliphatic heterocycles. The molecule has 0 spiro atoms. The van der Waals surface area contributed by atoms with Crippen LogP contribution in [0, 0.1) is 6.92 Å². The second kappa shape index (κ2) is 6.25. The lowest BCUT2D eigenvalue weighted by molar-refractivity contribution is 0.0606. The lowest BCUT2D eigenvalue weighted by atomic mass is 10.4. The van der Waals surface area contributed by atoms with Gasteiger partial charge in [-0.05, 0) is 19.1 Å². The quantitative estimate of drug-likeness (QED) is 0.865. The highest BCUT2D eigenvalue weighted by molar-refractivity contribution is 7.15. The Bertz CT molecular complexity index is 622. The fraction of sp³-hybridized carbons (Fsp3) is 0.231. The minimum Gasteiger partial charge on any atom is -0.465 e. The van der Waals surface area contributed by atoms with Crippen molar-refractivity contribution in [3.05, 3.63) is 45.7 Å². The molecule has 20 heavy (non-hydrogen) atoms. The Morgan fingerprint density at radius 1 is 1.25 bits per heavy atom. The fourth-order valence-electron chi connectivity index (χ4n) is 1.44. The van der Waals surface area contributed by atoms with Gasteiger partial charge in [0.15, 0.2) is 0 Å². The van der Waals surface area contributed by atoms with Gasteiger partial charge in [0, 0.05) is 6.20 Å². The Morgan fingerprint density at radius 2 is 2.00 bits per heavy atom. The van der Waals surface area contributed by atoms with Crippen molar-refractivity contribution in [2.45, 2.75) is 13.5 Å². The summed E-state index contributed by atoms with van der Waals surface area (Å²) in [4.78, 5) is 32.3. The van der Waals surface area contributed by atoms with Crippen molar-refractivity contribution >= 4 is 23.2 Å². The molecule has 0 aliphatic carbocycles. The van der Waals surface area contributed by atoms with Crippen molar-refractivity contribution < 1.29 is 14.3 Å². The summed E-state index contributed by atoms with van der Waals surface area (Å²) in [5, 5.41) is 2.72. The highest BCUT2D eigenvalue weighted by atomic mass is 32.1. The van der Waals surface area contributed by atoms with E-state index in [1.54, 1.807) is 24.5 Å². The number of hydrogen-bond donors (Lipinski definition) is 1. The maximum atomic E-state index is 11.9. The molecule has 0 unspecified atom stereocenters. The molecular formula is C13H13N3O3S. The number of esters is 1. The Hall–Kier alpha value is -2.28. The highest BCUT2D eigenvalue weighted by Crippen LogP contribution is 2.17. The third-order valence-electron chi connectivity index (χ3n) is 2.48. The van der Waals surface area contributed by atoms with Gasteiger partial charge in [0.1, 0.15) is 4.88 Å². The van der Waals surface area contributed by atoms with Crippen molar-refractivity contribution in [2.24, 2.45) is 0 Å². The van der Waals surface area contributed by atoms with Crippen molar-refractivity contribution in [1.29, 1.82) is 0 Å². The molecule has 7 heteroatoms. The number of amides is 1. The molecule has 1 amide bonds. The van der Waals surface area contributed by atoms with Gasteiger partial charge in [0.25, 0.3) is 5.91 Å². The average Bonchev–Trinajstić information content (AvgIpc) is 2.95. The van der Waals surface area contributed by atoms with Crippen LogP contribution in [0.25, 0.3) is 0 Å². The zero-order valence-electron chi connectivity index (χ0n) is 11.0. The molecule has 0 aliphatic rings. The van der Waals surface area contributed by atoms with Crippen molar-refractivity contribution in [1.82, 2.24) is 15.3 Å². The summed E-state index contributed by atoms with van der Waals surface area (Å²) in [6.45, 7) is 2.13. The van der Waals surface area contributed by atoms with Crippen LogP contribution >= 0.6 is 11.3 Å². The number of carbonyl (C=O) groups is 2. The summed E-state index contributed by atoms with van der Waals surface area (Å²) in [6, 6.07) is 3.16. The zero-order valence-corrected chi connectivity index (χ0v) is 11.9. The van der Waals surface area contributed by atoms with E-state index in [9.17, 15) is 9.59 Å². The van der Waals surface area contributed by atoms with E-state index in [1.807, 2.05) is 6.92 Å². The molecule has 104 valence electrons. The van der Waals surface area contributed by atoms with Gasteiger partial charge in [0.05, 0.1) is 36.1 Å². The van der Waals surface area contributed by atoms with E-state index in [1.165, 1.54) is 7.11 Å². The smallest absolute Gasteiger partial charge is 0.348 e. The molecule has 6 nitrogen and oxygen atoms in total. The van der Waals surface area contributed by atoms with Crippen LogP contribution in [0.2, 0.25) is 0 Å². The maximum Gasteiger partial charge on any atom is 0.348 e. The van der Waals surface area contributed by atoms with Crippen LogP contribution in [0.4, 0.5) is 0 Å². The van der Waals surface area contributed by atoms with Crippen LogP contribution < -0.4 is 5.32 Å². The van der Waals surface area contributed by atoms with Gasteiger partial charge in [-0.25, -0.2) is 4.79 Å². The Morgan fingerprint density at radius 3 is 2.65 bits per heavy atom. The van der Waals surface area contributed by atoms with E-state index in [2.05, 4.69) is 20.0 Å². The summed E-state index contributed by atoms with van der Waals surface area (Å²) < 4.78 is 4.59. The SMILES string of the molecule is COC(=O)c1ccc(C(=O)NCc2cnc(C)cn2)s1. The largest absolute Gasteiger partial charge is 0.465 e. The molecule has 0 radical (unpaired) electrons. The number of hydrogen-bond acceptors (Lipinski definition) is 6. The molecule has 0 saturated heterocycles. The molecule has 2 heterocycles. The number of nitrogens with zero attached hydrogens (tertiary/aromatic N) is 2. The predicted molar refractivity (Wildman–Crippen MR) is 73.6 cm³/mol. The Balaban J connectivity index is 1.96. The number of ether oxygens (including phenoxy) is 1. The molecule has 0 saturated carbocycles. The number of carbonyl (C=O) groups excluding carboxylic acids is 2. The minimum absolute atomic E-state index is 0.257. The predicted octanol–water partition coefficient (Wildman–Crippen LogP) is 1.56. The lowest BCUT2D eigenvalue weighted by Gasteiger charge is -2.02. The average molecular weight is 291 g/mol. The molecular weight excluding hydrogens is 278 g/mol. The van der Waals surface area contributed by atoms with E-state index in [0.29, 0.717) is 15.4 Å². The summed E-state index contributed by atoms with van der Waals surface area (Å²) in [6.07, 6.45) is 3.26. The van der Waals surface area contributed by atoms with Gasteiger partial charge in [0.2, 0.25) is 0 Å². The Labute approximate surface area is 119 Å². The minimum atomic E-state index is -0.446. The van der Waals surface area contributed by atoms with Crippen LogP contribution in [-0.4, -0.2) is 29.0 Å². The molecule has 1 N–H and O–H groups in total. The van der Waals surface area contributed by atoms with Gasteiger partial charge in [-0.2, -0.15) is 0 Å². The number of aryl methyl sites for hydroxylation is 1. The van der Waals surface area contributed by atoms with Gasteiger partial charge in [-0.3, -0.25) is 14.8 Å². The molecule has 0 fully saturated rings. The normalized spacial score (nSPS) is 10.1. The van der Waals surface area contributed by atoms with Gasteiger partial charge >= 0.3 is 5.97 Å². The summed E-state index contributed by atoms with van der Waals surface area (Å²) in [5.41, 5.74) is 1.50. The number of nitrogens with one attached hydrogen (secondary N) is 1. The number of aromatic nitrogens is 2. The standard InChI is InChI=1S/C13H13N3O3S/c1-8-5-15-9(6-14-8)7-16-12(17)10-3-4-11(20-10)13(18)19-2/h3-6H,7H2,1-2H3,(H,16,17). The third kappa shape index (κ3) is 3.39. The molecule has 0 bridgehead atoms. The molecule has 0 aromatic carbocycles. The first kappa shape index (κ1) is 14.1. The highest BCUT2D eigenvalue weighted by Gasteiger charge is 2.13. The van der Waals surface area contributed by atoms with E-state index < -0.39 is 5.97 Å². The van der Waals surface area contributed by atoms with Crippen LogP contribution in [0.5, 0.6) is 0 Å². The number of rotatable bonds is 4. The van der Waals surface area contributed by atoms with Crippen LogP contribution in [0.3, 0.4) is 0 Å². The lowest BCUT2D eigenvalue weighted by Crippen LogP contribution is -2.22. The monoisotopic (exact) mass is 291 g/mol. The van der Waals surface area contributed by atoms with Crippen molar-refractivity contribution in [2.75, 3.05) is 7.11 Å². The second-order valence-corrected chi connectivity index (χ2v) is 5.07. The zero-order chi connectivity index (χ0) is 14.5. The summed E-state index contributed by atoms with van der Waals surface area (Å²) in [7, 11) is 1.30. The first-order valence-corrected chi connectivity index (χ1v) is 6.65. The topological polar surface area (TPSA) is 81.2 Å². The molecule has 0 atom stereocenters. The van der Waals surface area contributed by atoms with Crippen LogP contribution in [-0.2, 0) is 11.3 Å². The van der Waals surface area contributed by atoms with E-state index in [4.69, 9.17) is 0 Å². The van der Waals surface area contributed by atoms with Gasteiger partial charge < -0.3 is 10.1 Å². The number of methoxy groups -OCH3 is 1. The van der Waals surface area contributed by atoms with Gasteiger partial charge in [-0.1, -0.05) is 0 Å². The summed E-state index contributed by atoms with van der Waals surface area (Å²) in [5.74, 6) is -0.703. The molecule has 2 rings (SSSR count). The van der Waals surface area contributed by atoms with Gasteiger partial charge in [-0.15, -0.1) is 11.3 Å². The van der Waals surface area contributed by atoms with Crippen LogP contribution in [0.1, 0.15) is 30.7 Å². The third-order valence-corrected chi connectivity index (χ3v) is 3.54. The van der Waals surface area contributed by atoms with Crippen molar-refractivity contribution in [3.8, 4) is 0 Å². The maximum absolute atomic E-state index is 11.9. The molecule has 2 aromatic heterocycles. The first-order valence-electron chi connectivity index (χ1n) is 5.84. The molecule has 2 aromatic rings. The Kier molecular flexibility index (Phi) is 4.41. The summed E-state index contributed by atoms with van der Waals surface area (Å²) >= 11 is 1.09. The fourth-order valence-corrected chi connectivity index (χ4v) is 2.28. The van der Waals surface area contributed by atoms with E-state index >= 15 is 0 Å². The second-order valence-electron chi connectivity index (χ2n) is 3.99. The number of thiophene rings is 1. The van der Waals surface area contributed by atoms with Crippen molar-refractivity contribution in [3.63, 3.8) is 0 Å². The van der Waals surface area contributed by atoms with Crippen LogP contribution in [0.15, 0.2) is 24.5 Å². The van der Waals surface area contributed by atoms with E-state index in [0.717, 1.165) is 17.0 Å². The first-order chi connectivity index (χ1) is 9.60.